The highest BCUT2D eigenvalue weighted by Gasteiger charge is 2.27. The van der Waals surface area contributed by atoms with E-state index in [4.69, 9.17) is 0 Å². The maximum atomic E-state index is 12.4. The molecule has 0 radical (unpaired) electrons. The van der Waals surface area contributed by atoms with E-state index < -0.39 is 0 Å². The van der Waals surface area contributed by atoms with Crippen LogP contribution in [0.15, 0.2) is 30.3 Å². The summed E-state index contributed by atoms with van der Waals surface area (Å²) in [7, 11) is 0. The Bertz CT molecular complexity index is 515. The summed E-state index contributed by atoms with van der Waals surface area (Å²) >= 11 is 0. The van der Waals surface area contributed by atoms with Crippen LogP contribution < -0.4 is 0 Å². The predicted molar refractivity (Wildman–Crippen MR) is 85.5 cm³/mol. The average molecular weight is 300 g/mol. The lowest BCUT2D eigenvalue weighted by Gasteiger charge is -2.32. The van der Waals surface area contributed by atoms with Gasteiger partial charge in [-0.05, 0) is 43.7 Å². The highest BCUT2D eigenvalue weighted by Crippen LogP contribution is 2.23. The smallest absolute Gasteiger partial charge is 0.253 e. The largest absolute Gasteiger partial charge is 0.343 e. The zero-order chi connectivity index (χ0) is 15.4. The molecule has 0 aromatic heterocycles. The molecule has 0 atom stereocenters. The third-order valence-electron chi connectivity index (χ3n) is 4.84. The van der Waals surface area contributed by atoms with Gasteiger partial charge in [-0.3, -0.25) is 9.59 Å². The van der Waals surface area contributed by atoms with Gasteiger partial charge < -0.3 is 9.80 Å². The fourth-order valence-electron chi connectivity index (χ4n) is 3.45. The Hall–Kier alpha value is -1.84. The molecule has 0 bridgehead atoms. The first-order valence-electron chi connectivity index (χ1n) is 8.36. The van der Waals surface area contributed by atoms with Gasteiger partial charge in [0.1, 0.15) is 0 Å². The Morgan fingerprint density at radius 1 is 0.909 bits per heavy atom. The van der Waals surface area contributed by atoms with Crippen LogP contribution in [0.4, 0.5) is 0 Å². The second-order valence-electron chi connectivity index (χ2n) is 6.39. The van der Waals surface area contributed by atoms with Crippen molar-refractivity contribution in [3.8, 4) is 0 Å². The monoisotopic (exact) mass is 300 g/mol. The molecule has 2 amide bonds. The van der Waals surface area contributed by atoms with E-state index in [0.29, 0.717) is 18.2 Å². The number of likely N-dealkylation sites (tertiary alicyclic amines) is 2. The van der Waals surface area contributed by atoms with E-state index in [1.807, 2.05) is 40.1 Å². The van der Waals surface area contributed by atoms with Crippen LogP contribution in [-0.4, -0.2) is 47.8 Å². The fourth-order valence-corrected chi connectivity index (χ4v) is 3.45. The van der Waals surface area contributed by atoms with Crippen molar-refractivity contribution >= 4 is 11.8 Å². The van der Waals surface area contributed by atoms with Crippen molar-refractivity contribution in [3.05, 3.63) is 35.9 Å². The lowest BCUT2D eigenvalue weighted by atomic mass is 9.92. The van der Waals surface area contributed by atoms with Gasteiger partial charge in [0, 0.05) is 38.2 Å². The molecular formula is C18H24N2O2. The molecule has 22 heavy (non-hydrogen) atoms. The summed E-state index contributed by atoms with van der Waals surface area (Å²) in [6.07, 6.45) is 4.84. The maximum absolute atomic E-state index is 12.4. The van der Waals surface area contributed by atoms with E-state index in [1.165, 1.54) is 0 Å². The first-order chi connectivity index (χ1) is 10.7. The quantitative estimate of drug-likeness (QED) is 0.861. The van der Waals surface area contributed by atoms with Crippen LogP contribution in [0.1, 0.15) is 42.5 Å². The minimum atomic E-state index is 0.116. The number of carbonyl (C=O) groups is 2. The van der Waals surface area contributed by atoms with Crippen molar-refractivity contribution in [3.63, 3.8) is 0 Å². The Morgan fingerprint density at radius 2 is 1.55 bits per heavy atom. The van der Waals surface area contributed by atoms with Gasteiger partial charge in [0.2, 0.25) is 5.91 Å². The molecule has 2 heterocycles. The summed E-state index contributed by atoms with van der Waals surface area (Å²) in [5, 5.41) is 0. The van der Waals surface area contributed by atoms with E-state index in [9.17, 15) is 9.59 Å². The molecule has 0 spiro atoms. The summed E-state index contributed by atoms with van der Waals surface area (Å²) in [6.45, 7) is 3.41. The van der Waals surface area contributed by atoms with Gasteiger partial charge in [0.15, 0.2) is 0 Å². The van der Waals surface area contributed by atoms with Crippen LogP contribution >= 0.6 is 0 Å². The molecule has 3 rings (SSSR count). The molecule has 2 saturated heterocycles. The molecule has 4 heteroatoms. The Morgan fingerprint density at radius 3 is 2.18 bits per heavy atom. The SMILES string of the molecule is O=C(CC1CCN(C(=O)c2ccccc2)CC1)N1CCCC1. The van der Waals surface area contributed by atoms with Gasteiger partial charge in [-0.2, -0.15) is 0 Å². The van der Waals surface area contributed by atoms with Crippen molar-refractivity contribution in [2.75, 3.05) is 26.2 Å². The standard InChI is InChI=1S/C18H24N2O2/c21-17(19-10-4-5-11-19)14-15-8-12-20(13-9-15)18(22)16-6-2-1-3-7-16/h1-3,6-7,15H,4-5,8-14H2. The summed E-state index contributed by atoms with van der Waals surface area (Å²) in [6, 6.07) is 9.45. The van der Waals surface area contributed by atoms with Gasteiger partial charge in [-0.15, -0.1) is 0 Å². The molecule has 2 fully saturated rings. The minimum Gasteiger partial charge on any atom is -0.343 e. The first kappa shape index (κ1) is 15.1. The lowest BCUT2D eigenvalue weighted by Crippen LogP contribution is -2.40. The Kier molecular flexibility index (Phi) is 4.76. The van der Waals surface area contributed by atoms with E-state index in [-0.39, 0.29) is 5.91 Å². The molecule has 1 aromatic rings. The Labute approximate surface area is 132 Å². The lowest BCUT2D eigenvalue weighted by molar-refractivity contribution is -0.131. The summed E-state index contributed by atoms with van der Waals surface area (Å²) in [5.74, 6) is 0.864. The van der Waals surface area contributed by atoms with E-state index in [0.717, 1.165) is 57.4 Å². The molecule has 1 aromatic carbocycles. The minimum absolute atomic E-state index is 0.116. The molecule has 0 N–H and O–H groups in total. The number of hydrogen-bond acceptors (Lipinski definition) is 2. The highest BCUT2D eigenvalue weighted by molar-refractivity contribution is 5.94. The van der Waals surface area contributed by atoms with Crippen molar-refractivity contribution in [2.45, 2.75) is 32.1 Å². The zero-order valence-electron chi connectivity index (χ0n) is 13.0. The topological polar surface area (TPSA) is 40.6 Å². The van der Waals surface area contributed by atoms with Crippen molar-refractivity contribution in [1.29, 1.82) is 0 Å². The van der Waals surface area contributed by atoms with Crippen molar-refractivity contribution in [1.82, 2.24) is 9.80 Å². The molecule has 2 aliphatic rings. The summed E-state index contributed by atoms with van der Waals surface area (Å²) in [4.78, 5) is 28.5. The molecule has 0 saturated carbocycles. The first-order valence-corrected chi connectivity index (χ1v) is 8.36. The van der Waals surface area contributed by atoms with Gasteiger partial charge in [-0.1, -0.05) is 18.2 Å². The van der Waals surface area contributed by atoms with Crippen LogP contribution in [0.2, 0.25) is 0 Å². The molecule has 118 valence electrons. The van der Waals surface area contributed by atoms with Crippen LogP contribution in [0, 0.1) is 5.92 Å². The highest BCUT2D eigenvalue weighted by atomic mass is 16.2. The van der Waals surface area contributed by atoms with Crippen LogP contribution in [0.5, 0.6) is 0 Å². The Balaban J connectivity index is 1.48. The molecule has 0 unspecified atom stereocenters. The zero-order valence-corrected chi connectivity index (χ0v) is 13.0. The van der Waals surface area contributed by atoms with E-state index in [2.05, 4.69) is 0 Å². The van der Waals surface area contributed by atoms with Gasteiger partial charge in [-0.25, -0.2) is 0 Å². The van der Waals surface area contributed by atoms with Gasteiger partial charge in [0.25, 0.3) is 5.91 Å². The average Bonchev–Trinajstić information content (AvgIpc) is 3.10. The third-order valence-corrected chi connectivity index (χ3v) is 4.84. The molecule has 0 aliphatic carbocycles. The third kappa shape index (κ3) is 3.49. The van der Waals surface area contributed by atoms with E-state index in [1.54, 1.807) is 0 Å². The number of carbonyl (C=O) groups excluding carboxylic acids is 2. The van der Waals surface area contributed by atoms with Crippen LogP contribution in [-0.2, 0) is 4.79 Å². The number of rotatable bonds is 3. The normalized spacial score (nSPS) is 19.5. The number of benzene rings is 1. The molecule has 2 aliphatic heterocycles. The number of hydrogen-bond donors (Lipinski definition) is 0. The number of amides is 2. The number of nitrogens with zero attached hydrogens (tertiary/aromatic N) is 2. The van der Waals surface area contributed by atoms with Crippen LogP contribution in [0.3, 0.4) is 0 Å². The molecule has 4 nitrogen and oxygen atoms in total. The second-order valence-corrected chi connectivity index (χ2v) is 6.39. The maximum Gasteiger partial charge on any atom is 0.253 e. The molecular weight excluding hydrogens is 276 g/mol. The summed E-state index contributed by atoms with van der Waals surface area (Å²) in [5.41, 5.74) is 0.758. The summed E-state index contributed by atoms with van der Waals surface area (Å²) < 4.78 is 0. The predicted octanol–water partition coefficient (Wildman–Crippen LogP) is 2.55. The number of piperidine rings is 1. The van der Waals surface area contributed by atoms with Crippen molar-refractivity contribution in [2.24, 2.45) is 5.92 Å². The van der Waals surface area contributed by atoms with Crippen molar-refractivity contribution < 1.29 is 9.59 Å². The van der Waals surface area contributed by atoms with Gasteiger partial charge >= 0.3 is 0 Å². The fraction of sp³-hybridized carbons (Fsp3) is 0.556. The van der Waals surface area contributed by atoms with Crippen LogP contribution in [0.25, 0.3) is 0 Å². The van der Waals surface area contributed by atoms with Gasteiger partial charge in [0.05, 0.1) is 0 Å². The van der Waals surface area contributed by atoms with E-state index >= 15 is 0 Å². The second kappa shape index (κ2) is 6.95.